The fraction of sp³-hybridized carbons (Fsp3) is 0.556. The number of aromatic nitrogens is 2. The fourth-order valence-electron chi connectivity index (χ4n) is 4.14. The first-order valence-electron chi connectivity index (χ1n) is 13.0. The minimum atomic E-state index is -3.84. The molecular formula is C27H40N4O7S. The molecule has 3 rings (SSSR count). The van der Waals surface area contributed by atoms with Crippen molar-refractivity contribution in [2.24, 2.45) is 11.7 Å². The first-order chi connectivity index (χ1) is 18.2. The number of amides is 1. The summed E-state index contributed by atoms with van der Waals surface area (Å²) >= 11 is 0. The molecule has 1 aromatic carbocycles. The molecule has 1 fully saturated rings. The monoisotopic (exact) mass is 564 g/mol. The minimum absolute atomic E-state index is 0.0868. The van der Waals surface area contributed by atoms with E-state index < -0.39 is 33.7 Å². The molecule has 0 spiro atoms. The van der Waals surface area contributed by atoms with Gasteiger partial charge in [-0.15, -0.1) is 0 Å². The van der Waals surface area contributed by atoms with Crippen LogP contribution >= 0.6 is 0 Å². The molecular weight excluding hydrogens is 524 g/mol. The van der Waals surface area contributed by atoms with Crippen LogP contribution in [-0.4, -0.2) is 58.5 Å². The number of nitrogens with zero attached hydrogens (tertiary/aromatic N) is 2. The van der Waals surface area contributed by atoms with Gasteiger partial charge in [-0.2, -0.15) is 0 Å². The molecule has 0 unspecified atom stereocenters. The number of carboxylic acids is 1. The van der Waals surface area contributed by atoms with Gasteiger partial charge in [-0.3, -0.25) is 0 Å². The summed E-state index contributed by atoms with van der Waals surface area (Å²) in [7, 11) is -3.84. The molecule has 2 atom stereocenters. The third kappa shape index (κ3) is 10.8. The van der Waals surface area contributed by atoms with E-state index in [4.69, 9.17) is 10.5 Å². The maximum atomic E-state index is 12.6. The van der Waals surface area contributed by atoms with Crippen LogP contribution in [0.1, 0.15) is 70.6 Å². The Morgan fingerprint density at radius 2 is 1.82 bits per heavy atom. The number of alkyl carbamates (subject to hydrolysis) is 1. The maximum Gasteiger partial charge on any atom is 0.408 e. The number of hydrogen-bond acceptors (Lipinski definition) is 8. The summed E-state index contributed by atoms with van der Waals surface area (Å²) in [6.45, 7) is 6.80. The largest absolute Gasteiger partial charge is 0.480 e. The van der Waals surface area contributed by atoms with E-state index in [0.717, 1.165) is 34.5 Å². The number of hydrogen-bond donors (Lipinski definition) is 3. The Morgan fingerprint density at radius 3 is 2.36 bits per heavy atom. The van der Waals surface area contributed by atoms with Gasteiger partial charge in [0.15, 0.2) is 0 Å². The summed E-state index contributed by atoms with van der Waals surface area (Å²) in [4.78, 5) is 37.6. The summed E-state index contributed by atoms with van der Waals surface area (Å²) in [5.74, 6) is -0.564. The highest BCUT2D eigenvalue weighted by Gasteiger charge is 2.26. The van der Waals surface area contributed by atoms with Gasteiger partial charge in [0.1, 0.15) is 24.3 Å². The standard InChI is InChI=1S/C18H23N3O6S.C9H17NO/c1-12-5-7-14(8-6-12)28(25,26)21-10-13(19-11-21)9-15(16(22)23)20-17(24)27-18(2,3)4;10-9(7-11)6-8-4-2-1-3-5-8/h5-8,10-11,15H,9H2,1-4H3,(H,20,24)(H,22,23);7-9H,1-6,10H2/t15-;9-/m00/s1. The van der Waals surface area contributed by atoms with Gasteiger partial charge >= 0.3 is 12.1 Å². The lowest BCUT2D eigenvalue weighted by Crippen LogP contribution is -2.44. The highest BCUT2D eigenvalue weighted by molar-refractivity contribution is 7.90. The van der Waals surface area contributed by atoms with E-state index in [0.29, 0.717) is 0 Å². The molecule has 1 aliphatic rings. The van der Waals surface area contributed by atoms with Gasteiger partial charge in [0.2, 0.25) is 0 Å². The van der Waals surface area contributed by atoms with Gasteiger partial charge < -0.3 is 25.7 Å². The number of nitrogens with one attached hydrogen (secondary N) is 1. The van der Waals surface area contributed by atoms with Crippen molar-refractivity contribution in [3.05, 3.63) is 48.0 Å². The van der Waals surface area contributed by atoms with Crippen LogP contribution in [0.25, 0.3) is 0 Å². The Bertz CT molecular complexity index is 1200. The Labute approximate surface area is 230 Å². The Morgan fingerprint density at radius 1 is 1.21 bits per heavy atom. The molecule has 12 heteroatoms. The zero-order valence-electron chi connectivity index (χ0n) is 23.0. The molecule has 39 heavy (non-hydrogen) atoms. The predicted octanol–water partition coefficient (Wildman–Crippen LogP) is 3.43. The van der Waals surface area contributed by atoms with Crippen LogP contribution in [0.2, 0.25) is 0 Å². The smallest absolute Gasteiger partial charge is 0.408 e. The van der Waals surface area contributed by atoms with Crippen LogP contribution in [0.5, 0.6) is 0 Å². The first kappa shape index (κ1) is 32.0. The number of ether oxygens (including phenoxy) is 1. The molecule has 216 valence electrons. The number of aryl methyl sites for hydroxylation is 1. The first-order valence-corrected chi connectivity index (χ1v) is 14.4. The maximum absolute atomic E-state index is 12.6. The van der Waals surface area contributed by atoms with E-state index in [1.54, 1.807) is 32.9 Å². The quantitative estimate of drug-likeness (QED) is 0.386. The normalized spacial score (nSPS) is 15.8. The zero-order valence-corrected chi connectivity index (χ0v) is 23.8. The van der Waals surface area contributed by atoms with Gasteiger partial charge in [0.25, 0.3) is 10.0 Å². The van der Waals surface area contributed by atoms with Crippen LogP contribution in [0.15, 0.2) is 41.7 Å². The van der Waals surface area contributed by atoms with Crippen molar-refractivity contribution >= 4 is 28.4 Å². The second-order valence-corrected chi connectivity index (χ2v) is 12.6. The van der Waals surface area contributed by atoms with Crippen LogP contribution in [0, 0.1) is 12.8 Å². The summed E-state index contributed by atoms with van der Waals surface area (Å²) in [6.07, 6.45) is 9.59. The van der Waals surface area contributed by atoms with Gasteiger partial charge in [0.05, 0.1) is 16.6 Å². The van der Waals surface area contributed by atoms with Gasteiger partial charge in [-0.05, 0) is 52.2 Å². The zero-order chi connectivity index (χ0) is 29.2. The summed E-state index contributed by atoms with van der Waals surface area (Å²) in [5, 5.41) is 11.6. The van der Waals surface area contributed by atoms with Gasteiger partial charge in [0, 0.05) is 12.6 Å². The van der Waals surface area contributed by atoms with Crippen LogP contribution < -0.4 is 11.1 Å². The molecule has 0 saturated heterocycles. The molecule has 2 aromatic rings. The summed E-state index contributed by atoms with van der Waals surface area (Å²) < 4.78 is 31.2. The lowest BCUT2D eigenvalue weighted by atomic mass is 9.85. The Kier molecular flexibility index (Phi) is 11.7. The topological polar surface area (TPSA) is 171 Å². The summed E-state index contributed by atoms with van der Waals surface area (Å²) in [6, 6.07) is 4.78. The molecule has 1 aromatic heterocycles. The van der Waals surface area contributed by atoms with E-state index >= 15 is 0 Å². The average Bonchev–Trinajstić information content (AvgIpc) is 3.33. The Balaban J connectivity index is 0.000000404. The molecule has 0 radical (unpaired) electrons. The molecule has 1 saturated carbocycles. The van der Waals surface area contributed by atoms with E-state index in [1.165, 1.54) is 50.4 Å². The van der Waals surface area contributed by atoms with E-state index in [-0.39, 0.29) is 23.1 Å². The van der Waals surface area contributed by atoms with E-state index in [9.17, 15) is 27.9 Å². The second kappa shape index (κ2) is 14.2. The number of aldehydes is 1. The number of nitrogens with two attached hydrogens (primary N) is 1. The molecule has 1 amide bonds. The molecule has 1 heterocycles. The Hall–Kier alpha value is -3.25. The molecule has 0 bridgehead atoms. The van der Waals surface area contributed by atoms with E-state index in [2.05, 4.69) is 10.3 Å². The van der Waals surface area contributed by atoms with Crippen molar-refractivity contribution < 1.29 is 32.6 Å². The molecule has 1 aliphatic carbocycles. The molecule has 11 nitrogen and oxygen atoms in total. The van der Waals surface area contributed by atoms with Crippen LogP contribution in [0.4, 0.5) is 4.79 Å². The predicted molar refractivity (Wildman–Crippen MR) is 146 cm³/mol. The lowest BCUT2D eigenvalue weighted by Gasteiger charge is -2.22. The lowest BCUT2D eigenvalue weighted by molar-refractivity contribution is -0.139. The molecule has 0 aliphatic heterocycles. The third-order valence-corrected chi connectivity index (χ3v) is 7.74. The number of rotatable bonds is 9. The van der Waals surface area contributed by atoms with Crippen LogP contribution in [0.3, 0.4) is 0 Å². The number of carbonyl (C=O) groups is 3. The van der Waals surface area contributed by atoms with Crippen LogP contribution in [-0.2, 0) is 30.8 Å². The number of imidazole rings is 1. The van der Waals surface area contributed by atoms with Crippen molar-refractivity contribution in [3.63, 3.8) is 0 Å². The minimum Gasteiger partial charge on any atom is -0.480 e. The molecule has 4 N–H and O–H groups in total. The van der Waals surface area contributed by atoms with Crippen molar-refractivity contribution in [1.29, 1.82) is 0 Å². The van der Waals surface area contributed by atoms with Crippen molar-refractivity contribution in [2.45, 2.75) is 95.2 Å². The number of benzene rings is 1. The average molecular weight is 565 g/mol. The second-order valence-electron chi connectivity index (χ2n) is 10.8. The highest BCUT2D eigenvalue weighted by Crippen LogP contribution is 2.26. The van der Waals surface area contributed by atoms with Gasteiger partial charge in [-0.25, -0.2) is 27.0 Å². The third-order valence-electron chi connectivity index (χ3n) is 6.12. The van der Waals surface area contributed by atoms with Crippen molar-refractivity contribution in [2.75, 3.05) is 0 Å². The number of carbonyl (C=O) groups excluding carboxylic acids is 2. The van der Waals surface area contributed by atoms with Gasteiger partial charge in [-0.1, -0.05) is 49.8 Å². The van der Waals surface area contributed by atoms with Crippen molar-refractivity contribution in [3.8, 4) is 0 Å². The number of aliphatic carboxylic acids is 1. The van der Waals surface area contributed by atoms with E-state index in [1.807, 2.05) is 6.92 Å². The highest BCUT2D eigenvalue weighted by atomic mass is 32.2. The SMILES string of the molecule is Cc1ccc(S(=O)(=O)n2cnc(C[C@H](NC(=O)OC(C)(C)C)C(=O)O)c2)cc1.N[C@H](C=O)CC1CCCCC1. The van der Waals surface area contributed by atoms with Crippen molar-refractivity contribution in [1.82, 2.24) is 14.3 Å². The fourth-order valence-corrected chi connectivity index (χ4v) is 5.29. The number of carboxylic acid groups (broad SMARTS) is 1. The summed E-state index contributed by atoms with van der Waals surface area (Å²) in [5.41, 5.74) is 5.87.